The Morgan fingerprint density at radius 1 is 1.10 bits per heavy atom. The predicted molar refractivity (Wildman–Crippen MR) is 86.0 cm³/mol. The largest absolute Gasteiger partial charge is 0.341 e. The number of halogens is 1. The van der Waals surface area contributed by atoms with Gasteiger partial charge in [-0.25, -0.2) is 0 Å². The van der Waals surface area contributed by atoms with E-state index in [4.69, 9.17) is 0 Å². The second kappa shape index (κ2) is 6.71. The van der Waals surface area contributed by atoms with E-state index < -0.39 is 0 Å². The molecule has 2 aromatic carbocycles. The second-order valence-electron chi connectivity index (χ2n) is 4.89. The summed E-state index contributed by atoms with van der Waals surface area (Å²) in [6.45, 7) is 2.67. The summed E-state index contributed by atoms with van der Waals surface area (Å²) in [7, 11) is 1.85. The number of carbonyl (C=O) groups excluding carboxylic acids is 1. The Labute approximate surface area is 128 Å². The zero-order valence-corrected chi connectivity index (χ0v) is 13.4. The minimum absolute atomic E-state index is 0.0610. The highest BCUT2D eigenvalue weighted by Crippen LogP contribution is 2.21. The molecule has 1 amide bonds. The van der Waals surface area contributed by atoms with E-state index in [0.717, 1.165) is 22.0 Å². The van der Waals surface area contributed by atoms with Gasteiger partial charge in [0, 0.05) is 18.1 Å². The van der Waals surface area contributed by atoms with Gasteiger partial charge in [0.05, 0.1) is 5.56 Å². The Kier molecular flexibility index (Phi) is 4.96. The SMILES string of the molecule is Cc1cccc(Br)c1C(=O)N(C)CCc1ccccc1. The van der Waals surface area contributed by atoms with Crippen LogP contribution in [0.15, 0.2) is 53.0 Å². The van der Waals surface area contributed by atoms with Crippen molar-refractivity contribution in [2.75, 3.05) is 13.6 Å². The van der Waals surface area contributed by atoms with Gasteiger partial charge in [0.15, 0.2) is 0 Å². The average molecular weight is 332 g/mol. The fourth-order valence-electron chi connectivity index (χ4n) is 2.14. The van der Waals surface area contributed by atoms with E-state index in [1.54, 1.807) is 4.90 Å². The molecule has 0 aliphatic carbocycles. The molecular weight excluding hydrogens is 314 g/mol. The first-order valence-corrected chi connectivity index (χ1v) is 7.43. The van der Waals surface area contributed by atoms with Gasteiger partial charge in [0.2, 0.25) is 0 Å². The summed E-state index contributed by atoms with van der Waals surface area (Å²) in [4.78, 5) is 14.3. The molecule has 20 heavy (non-hydrogen) atoms. The van der Waals surface area contributed by atoms with Gasteiger partial charge in [-0.05, 0) is 46.5 Å². The Balaban J connectivity index is 2.06. The van der Waals surface area contributed by atoms with Crippen LogP contribution in [0.1, 0.15) is 21.5 Å². The number of benzene rings is 2. The van der Waals surface area contributed by atoms with Gasteiger partial charge in [-0.1, -0.05) is 42.5 Å². The molecule has 3 heteroatoms. The highest BCUT2D eigenvalue weighted by atomic mass is 79.9. The number of amides is 1. The normalized spacial score (nSPS) is 10.3. The van der Waals surface area contributed by atoms with E-state index in [9.17, 15) is 4.79 Å². The Morgan fingerprint density at radius 3 is 2.45 bits per heavy atom. The van der Waals surface area contributed by atoms with E-state index in [2.05, 4.69) is 28.1 Å². The van der Waals surface area contributed by atoms with Gasteiger partial charge >= 0.3 is 0 Å². The maximum Gasteiger partial charge on any atom is 0.255 e. The molecule has 0 unspecified atom stereocenters. The number of rotatable bonds is 4. The van der Waals surface area contributed by atoms with Crippen molar-refractivity contribution in [1.29, 1.82) is 0 Å². The number of likely N-dealkylation sites (N-methyl/N-ethyl adjacent to an activating group) is 1. The van der Waals surface area contributed by atoms with Crippen molar-refractivity contribution in [3.8, 4) is 0 Å². The Hall–Kier alpha value is -1.61. The van der Waals surface area contributed by atoms with Crippen molar-refractivity contribution in [2.45, 2.75) is 13.3 Å². The van der Waals surface area contributed by atoms with Gasteiger partial charge in [-0.15, -0.1) is 0 Å². The predicted octanol–water partition coefficient (Wildman–Crippen LogP) is 4.07. The maximum atomic E-state index is 12.5. The molecule has 0 aliphatic heterocycles. The molecule has 0 radical (unpaired) electrons. The van der Waals surface area contributed by atoms with Gasteiger partial charge in [-0.2, -0.15) is 0 Å². The molecule has 104 valence electrons. The molecule has 0 heterocycles. The fraction of sp³-hybridized carbons (Fsp3) is 0.235. The first-order valence-electron chi connectivity index (χ1n) is 6.64. The molecule has 0 spiro atoms. The Bertz CT molecular complexity index is 575. The zero-order chi connectivity index (χ0) is 14.5. The summed E-state index contributed by atoms with van der Waals surface area (Å²) in [6.07, 6.45) is 0.868. The minimum Gasteiger partial charge on any atom is -0.341 e. The molecule has 0 aromatic heterocycles. The number of nitrogens with zero attached hydrogens (tertiary/aromatic N) is 1. The van der Waals surface area contributed by atoms with Crippen molar-refractivity contribution in [2.24, 2.45) is 0 Å². The van der Waals surface area contributed by atoms with Crippen LogP contribution >= 0.6 is 15.9 Å². The summed E-state index contributed by atoms with van der Waals surface area (Å²) in [5, 5.41) is 0. The van der Waals surface area contributed by atoms with E-state index in [1.807, 2.05) is 50.4 Å². The summed E-state index contributed by atoms with van der Waals surface area (Å²) in [5.41, 5.74) is 3.00. The molecule has 0 aliphatic rings. The molecule has 2 nitrogen and oxygen atoms in total. The summed E-state index contributed by atoms with van der Waals surface area (Å²) >= 11 is 3.46. The standard InChI is InChI=1S/C17H18BrNO/c1-13-7-6-10-15(18)16(13)17(20)19(2)12-11-14-8-4-3-5-9-14/h3-10H,11-12H2,1-2H3. The highest BCUT2D eigenvalue weighted by Gasteiger charge is 2.16. The van der Waals surface area contributed by atoms with E-state index >= 15 is 0 Å². The number of carbonyl (C=O) groups is 1. The Morgan fingerprint density at radius 2 is 1.80 bits per heavy atom. The third kappa shape index (κ3) is 3.48. The zero-order valence-electron chi connectivity index (χ0n) is 11.8. The number of hydrogen-bond donors (Lipinski definition) is 0. The third-order valence-corrected chi connectivity index (χ3v) is 4.02. The lowest BCUT2D eigenvalue weighted by Crippen LogP contribution is -2.29. The van der Waals surface area contributed by atoms with Crippen molar-refractivity contribution in [1.82, 2.24) is 4.90 Å². The van der Waals surface area contributed by atoms with Gasteiger partial charge in [-0.3, -0.25) is 4.79 Å². The number of aryl methyl sites for hydroxylation is 1. The molecule has 2 aromatic rings. The highest BCUT2D eigenvalue weighted by molar-refractivity contribution is 9.10. The smallest absolute Gasteiger partial charge is 0.255 e. The van der Waals surface area contributed by atoms with Gasteiger partial charge < -0.3 is 4.90 Å². The second-order valence-corrected chi connectivity index (χ2v) is 5.75. The monoisotopic (exact) mass is 331 g/mol. The summed E-state index contributed by atoms with van der Waals surface area (Å²) < 4.78 is 0.856. The first-order chi connectivity index (χ1) is 9.59. The molecule has 0 atom stereocenters. The molecule has 2 rings (SSSR count). The third-order valence-electron chi connectivity index (χ3n) is 3.36. The van der Waals surface area contributed by atoms with Crippen LogP contribution in [-0.4, -0.2) is 24.4 Å². The van der Waals surface area contributed by atoms with Crippen molar-refractivity contribution < 1.29 is 4.79 Å². The molecule has 0 bridgehead atoms. The van der Waals surface area contributed by atoms with E-state index in [0.29, 0.717) is 6.54 Å². The van der Waals surface area contributed by atoms with E-state index in [-0.39, 0.29) is 5.91 Å². The van der Waals surface area contributed by atoms with E-state index in [1.165, 1.54) is 5.56 Å². The van der Waals surface area contributed by atoms with Crippen LogP contribution in [0, 0.1) is 6.92 Å². The van der Waals surface area contributed by atoms with Crippen LogP contribution in [0.25, 0.3) is 0 Å². The quantitative estimate of drug-likeness (QED) is 0.826. The fourth-order valence-corrected chi connectivity index (χ4v) is 2.77. The average Bonchev–Trinajstić information content (AvgIpc) is 2.45. The molecule has 0 N–H and O–H groups in total. The van der Waals surface area contributed by atoms with Crippen LogP contribution in [0.5, 0.6) is 0 Å². The van der Waals surface area contributed by atoms with Crippen LogP contribution in [0.4, 0.5) is 0 Å². The lowest BCUT2D eigenvalue weighted by atomic mass is 10.1. The molecule has 0 fully saturated rings. The van der Waals surface area contributed by atoms with Crippen LogP contribution in [0.3, 0.4) is 0 Å². The minimum atomic E-state index is 0.0610. The molecule has 0 saturated heterocycles. The van der Waals surface area contributed by atoms with Gasteiger partial charge in [0.25, 0.3) is 5.91 Å². The van der Waals surface area contributed by atoms with Crippen LogP contribution < -0.4 is 0 Å². The first kappa shape index (κ1) is 14.8. The lowest BCUT2D eigenvalue weighted by Gasteiger charge is -2.19. The van der Waals surface area contributed by atoms with Crippen molar-refractivity contribution in [3.63, 3.8) is 0 Å². The summed E-state index contributed by atoms with van der Waals surface area (Å²) in [5.74, 6) is 0.0610. The van der Waals surface area contributed by atoms with Crippen LogP contribution in [0.2, 0.25) is 0 Å². The van der Waals surface area contributed by atoms with Gasteiger partial charge in [0.1, 0.15) is 0 Å². The summed E-state index contributed by atoms with van der Waals surface area (Å²) in [6, 6.07) is 16.0. The molecule has 0 saturated carbocycles. The molecular formula is C17H18BrNO. The topological polar surface area (TPSA) is 20.3 Å². The van der Waals surface area contributed by atoms with Crippen LogP contribution in [-0.2, 0) is 6.42 Å². The number of hydrogen-bond acceptors (Lipinski definition) is 1. The maximum absolute atomic E-state index is 12.5. The van der Waals surface area contributed by atoms with Crippen molar-refractivity contribution in [3.05, 3.63) is 69.7 Å². The lowest BCUT2D eigenvalue weighted by molar-refractivity contribution is 0.0795. The van der Waals surface area contributed by atoms with Crippen molar-refractivity contribution >= 4 is 21.8 Å².